The van der Waals surface area contributed by atoms with Crippen molar-refractivity contribution in [3.8, 4) is 50.3 Å². The Labute approximate surface area is 343 Å². The molecule has 0 unspecified atom stereocenters. The SMILES string of the molecule is O=[N+]([O-])c1ccc(-c2c3nc(c(-c4ccc([N+](=O)[O-])cc4)c4ccc([nH]4)c(-c4ccc([N+](=O)[O-])cc4)c4nc(c(-c5ccc(O)cc5)c5ccc2[nH]5)C=C4)C=C3)cc1.[Cu]. The molecule has 4 aromatic carbocycles. The number of nitro groups is 3. The number of phenols is 1. The molecule has 2 aliphatic heterocycles. The molecule has 14 nitrogen and oxygen atoms in total. The van der Waals surface area contributed by atoms with Crippen molar-refractivity contribution in [1.29, 1.82) is 0 Å². The van der Waals surface area contributed by atoms with Gasteiger partial charge in [0.1, 0.15) is 5.75 Å². The van der Waals surface area contributed by atoms with Crippen molar-refractivity contribution >= 4 is 63.4 Å². The summed E-state index contributed by atoms with van der Waals surface area (Å²) >= 11 is 0. The maximum atomic E-state index is 11.6. The molecule has 59 heavy (non-hydrogen) atoms. The third kappa shape index (κ3) is 7.03. The summed E-state index contributed by atoms with van der Waals surface area (Å²) in [4.78, 5) is 50.8. The van der Waals surface area contributed by atoms with Gasteiger partial charge in [0.25, 0.3) is 17.1 Å². The Bertz CT molecular complexity index is 3030. The molecule has 0 saturated heterocycles. The van der Waals surface area contributed by atoms with Gasteiger partial charge in [-0.25, -0.2) is 9.97 Å². The molecule has 0 atom stereocenters. The maximum Gasteiger partial charge on any atom is 0.269 e. The first-order chi connectivity index (χ1) is 28.1. The van der Waals surface area contributed by atoms with E-state index in [9.17, 15) is 35.4 Å². The fourth-order valence-corrected chi connectivity index (χ4v) is 7.30. The minimum atomic E-state index is -0.466. The van der Waals surface area contributed by atoms with Crippen LogP contribution in [0.15, 0.2) is 121 Å². The average molecular weight is 829 g/mol. The molecule has 1 radical (unpaired) electrons. The maximum absolute atomic E-state index is 11.6. The zero-order chi connectivity index (χ0) is 40.1. The monoisotopic (exact) mass is 828 g/mol. The predicted molar refractivity (Wildman–Crippen MR) is 222 cm³/mol. The molecular weight excluding hydrogens is 802 g/mol. The molecule has 0 saturated carbocycles. The predicted octanol–water partition coefficient (Wildman–Crippen LogP) is 10.8. The number of nitrogens with one attached hydrogen (secondary N) is 2. The number of nitrogens with zero attached hydrogens (tertiary/aromatic N) is 5. The van der Waals surface area contributed by atoms with Gasteiger partial charge in [0, 0.05) is 97.8 Å². The van der Waals surface area contributed by atoms with Crippen LogP contribution in [0.5, 0.6) is 5.75 Å². The van der Waals surface area contributed by atoms with Crippen LogP contribution in [-0.4, -0.2) is 39.8 Å². The Morgan fingerprint density at radius 3 is 0.864 bits per heavy atom. The van der Waals surface area contributed by atoms with E-state index < -0.39 is 14.8 Å². The van der Waals surface area contributed by atoms with Crippen LogP contribution < -0.4 is 0 Å². The first-order valence-corrected chi connectivity index (χ1v) is 17.8. The zero-order valence-corrected chi connectivity index (χ0v) is 31.2. The third-order valence-corrected chi connectivity index (χ3v) is 10.0. The number of H-pyrrole nitrogens is 2. The normalized spacial score (nSPS) is 11.6. The third-order valence-electron chi connectivity index (χ3n) is 10.0. The van der Waals surface area contributed by atoms with Crippen LogP contribution in [0.4, 0.5) is 17.1 Å². The number of benzene rings is 4. The Morgan fingerprint density at radius 1 is 0.390 bits per heavy atom. The van der Waals surface area contributed by atoms with Gasteiger partial charge < -0.3 is 15.1 Å². The van der Waals surface area contributed by atoms with E-state index in [1.807, 2.05) is 48.6 Å². The molecule has 3 N–H and O–H groups in total. The van der Waals surface area contributed by atoms with E-state index in [4.69, 9.17) is 9.97 Å². The summed E-state index contributed by atoms with van der Waals surface area (Å²) in [5.74, 6) is 0.0917. The van der Waals surface area contributed by atoms with Gasteiger partial charge in [0.15, 0.2) is 0 Å². The van der Waals surface area contributed by atoms with Crippen molar-refractivity contribution in [3.63, 3.8) is 0 Å². The summed E-state index contributed by atoms with van der Waals surface area (Å²) in [5.41, 5.74) is 10.0. The van der Waals surface area contributed by atoms with Crippen LogP contribution in [0.25, 0.3) is 90.9 Å². The number of rotatable bonds is 7. The van der Waals surface area contributed by atoms with Crippen molar-refractivity contribution in [2.75, 3.05) is 0 Å². The van der Waals surface area contributed by atoms with Gasteiger partial charge in [-0.15, -0.1) is 0 Å². The number of nitro benzene ring substituents is 3. The smallest absolute Gasteiger partial charge is 0.269 e. The van der Waals surface area contributed by atoms with E-state index in [2.05, 4.69) is 9.97 Å². The van der Waals surface area contributed by atoms with E-state index in [0.717, 1.165) is 5.56 Å². The largest absolute Gasteiger partial charge is 0.508 e. The number of phenolic OH excluding ortho intramolecular Hbond substituents is 1. The van der Waals surface area contributed by atoms with Crippen molar-refractivity contribution in [2.45, 2.75) is 0 Å². The van der Waals surface area contributed by atoms with Crippen LogP contribution in [0.3, 0.4) is 0 Å². The number of hydrogen-bond donors (Lipinski definition) is 3. The van der Waals surface area contributed by atoms with Crippen molar-refractivity contribution in [2.24, 2.45) is 0 Å². The standard InChI is InChI=1S/C44H27N7O7.Cu/c52-32-15-7-28(8-16-32)44-39-23-21-37(47-39)42(26-3-11-30(12-4-26)50(55)56)35-19-17-33(45-35)41(25-1-9-29(10-2-25)49(53)54)34-18-20-36(46-34)43(38-22-24-40(44)48-38)27-5-13-31(14-6-27)51(57)58;/h1-24,45,48,52H;. The van der Waals surface area contributed by atoms with Gasteiger partial charge in [-0.2, -0.15) is 0 Å². The molecule has 5 heterocycles. The summed E-state index contributed by atoms with van der Waals surface area (Å²) in [5, 5.41) is 45.0. The molecule has 15 heteroatoms. The molecule has 0 aliphatic carbocycles. The fraction of sp³-hybridized carbons (Fsp3) is 0. The van der Waals surface area contributed by atoms with Gasteiger partial charge in [0.05, 0.1) is 37.5 Å². The number of hydrogen-bond acceptors (Lipinski definition) is 9. The Kier molecular flexibility index (Phi) is 9.74. The Morgan fingerprint density at radius 2 is 0.627 bits per heavy atom. The first kappa shape index (κ1) is 37.9. The van der Waals surface area contributed by atoms with E-state index >= 15 is 0 Å². The molecule has 7 aromatic rings. The second kappa shape index (κ2) is 15.2. The van der Waals surface area contributed by atoms with Crippen LogP contribution in [0, 0.1) is 30.3 Å². The second-order valence-corrected chi connectivity index (χ2v) is 13.5. The second-order valence-electron chi connectivity index (χ2n) is 13.5. The number of aromatic hydroxyl groups is 1. The minimum absolute atomic E-state index is 0. The topological polar surface area (TPSA) is 207 Å². The number of non-ortho nitro benzene ring substituents is 3. The van der Waals surface area contributed by atoms with E-state index in [-0.39, 0.29) is 39.9 Å². The van der Waals surface area contributed by atoms with Crippen molar-refractivity contribution in [3.05, 3.63) is 174 Å². The molecule has 2 aliphatic rings. The summed E-state index contributed by atoms with van der Waals surface area (Å²) in [6.45, 7) is 0. The molecule has 3 aromatic heterocycles. The van der Waals surface area contributed by atoms with Crippen LogP contribution in [0.1, 0.15) is 22.8 Å². The van der Waals surface area contributed by atoms with Gasteiger partial charge in [-0.05, 0) is 119 Å². The Hall–Kier alpha value is -8.00. The quantitative estimate of drug-likeness (QED) is 0.0792. The summed E-state index contributed by atoms with van der Waals surface area (Å²) in [6.07, 6.45) is 7.45. The van der Waals surface area contributed by atoms with E-state index in [1.165, 1.54) is 36.4 Å². The minimum Gasteiger partial charge on any atom is -0.508 e. The molecule has 9 rings (SSSR count). The van der Waals surface area contributed by atoms with Gasteiger partial charge in [0.2, 0.25) is 0 Å². The summed E-state index contributed by atoms with van der Waals surface area (Å²) in [6, 6.07) is 32.9. The molecular formula is C44H27CuN7O7. The van der Waals surface area contributed by atoms with Gasteiger partial charge in [-0.3, -0.25) is 30.3 Å². The fourth-order valence-electron chi connectivity index (χ4n) is 7.30. The number of fused-ring (bicyclic) bond motifs is 8. The van der Waals surface area contributed by atoms with Crippen LogP contribution >= 0.6 is 0 Å². The summed E-state index contributed by atoms with van der Waals surface area (Å²) < 4.78 is 0. The molecule has 291 valence electrons. The molecule has 0 amide bonds. The van der Waals surface area contributed by atoms with Crippen LogP contribution in [-0.2, 0) is 17.1 Å². The van der Waals surface area contributed by atoms with Gasteiger partial charge in [-0.1, -0.05) is 12.1 Å². The molecule has 0 fully saturated rings. The number of aromatic amines is 2. The van der Waals surface area contributed by atoms with E-state index in [0.29, 0.717) is 83.8 Å². The van der Waals surface area contributed by atoms with Gasteiger partial charge >= 0.3 is 0 Å². The van der Waals surface area contributed by atoms with Crippen molar-refractivity contribution in [1.82, 2.24) is 19.9 Å². The number of aromatic nitrogens is 4. The zero-order valence-electron chi connectivity index (χ0n) is 30.3. The molecule has 8 bridgehead atoms. The Balaban J connectivity index is 0.00000484. The molecule has 0 spiro atoms. The van der Waals surface area contributed by atoms with Crippen LogP contribution in [0.2, 0.25) is 0 Å². The summed E-state index contributed by atoms with van der Waals surface area (Å²) in [7, 11) is 0. The first-order valence-electron chi connectivity index (χ1n) is 17.8. The average Bonchev–Trinajstić information content (AvgIpc) is 4.07. The van der Waals surface area contributed by atoms with Crippen molar-refractivity contribution < 1.29 is 36.9 Å². The van der Waals surface area contributed by atoms with E-state index in [1.54, 1.807) is 60.7 Å².